The summed E-state index contributed by atoms with van der Waals surface area (Å²) in [5, 5.41) is 9.98. The van der Waals surface area contributed by atoms with Gasteiger partial charge in [-0.1, -0.05) is 13.3 Å². The monoisotopic (exact) mass is 232 g/mol. The summed E-state index contributed by atoms with van der Waals surface area (Å²) in [5.41, 5.74) is -2.17. The molecule has 0 aliphatic rings. The number of ether oxygens (including phenoxy) is 2. The maximum atomic E-state index is 11.6. The molecule has 0 aromatic carbocycles. The Labute approximate surface area is 95.7 Å². The number of esters is 2. The van der Waals surface area contributed by atoms with E-state index in [1.165, 1.54) is 0 Å². The van der Waals surface area contributed by atoms with Gasteiger partial charge < -0.3 is 14.6 Å². The smallest absolute Gasteiger partial charge is 0.350 e. The summed E-state index contributed by atoms with van der Waals surface area (Å²) in [7, 11) is 1.13. The summed E-state index contributed by atoms with van der Waals surface area (Å²) in [4.78, 5) is 23.0. The van der Waals surface area contributed by atoms with Crippen LogP contribution in [-0.2, 0) is 19.1 Å². The molecule has 1 N–H and O–H groups in total. The highest BCUT2D eigenvalue weighted by Crippen LogP contribution is 2.19. The third-order valence-corrected chi connectivity index (χ3v) is 2.10. The molecule has 0 aliphatic carbocycles. The van der Waals surface area contributed by atoms with E-state index in [-0.39, 0.29) is 12.5 Å². The highest BCUT2D eigenvalue weighted by Gasteiger charge is 2.46. The van der Waals surface area contributed by atoms with Crippen molar-refractivity contribution in [3.63, 3.8) is 0 Å². The Morgan fingerprint density at radius 3 is 2.25 bits per heavy atom. The Hall–Kier alpha value is -1.10. The van der Waals surface area contributed by atoms with Crippen LogP contribution in [0.15, 0.2) is 0 Å². The van der Waals surface area contributed by atoms with E-state index in [0.717, 1.165) is 13.5 Å². The zero-order valence-electron chi connectivity index (χ0n) is 10.3. The predicted molar refractivity (Wildman–Crippen MR) is 57.7 cm³/mol. The van der Waals surface area contributed by atoms with Gasteiger partial charge in [0.2, 0.25) is 0 Å². The molecule has 0 saturated carbocycles. The van der Waals surface area contributed by atoms with E-state index in [1.54, 1.807) is 13.8 Å². The molecule has 0 amide bonds. The number of methoxy groups -OCH3 is 1. The number of hydrogen-bond donors (Lipinski definition) is 1. The lowest BCUT2D eigenvalue weighted by atomic mass is 9.97. The second-order valence-electron chi connectivity index (χ2n) is 3.91. The van der Waals surface area contributed by atoms with Crippen molar-refractivity contribution in [3.8, 4) is 0 Å². The molecule has 94 valence electrons. The van der Waals surface area contributed by atoms with E-state index in [2.05, 4.69) is 4.74 Å². The second kappa shape index (κ2) is 6.48. The first kappa shape index (κ1) is 14.9. The summed E-state index contributed by atoms with van der Waals surface area (Å²) in [6, 6.07) is 0. The number of carbonyl (C=O) groups excluding carboxylic acids is 2. The summed E-state index contributed by atoms with van der Waals surface area (Å²) in [6.45, 7) is 5.19. The average molecular weight is 232 g/mol. The topological polar surface area (TPSA) is 72.8 Å². The predicted octanol–water partition coefficient (Wildman–Crippen LogP) is 1.03. The highest BCUT2D eigenvalue weighted by molar-refractivity contribution is 6.03. The van der Waals surface area contributed by atoms with Crippen LogP contribution in [0.1, 0.15) is 40.0 Å². The minimum Gasteiger partial charge on any atom is -0.466 e. The Morgan fingerprint density at radius 2 is 1.88 bits per heavy atom. The van der Waals surface area contributed by atoms with E-state index in [9.17, 15) is 14.7 Å². The van der Waals surface area contributed by atoms with Crippen LogP contribution in [0.25, 0.3) is 0 Å². The molecule has 0 rings (SSSR count). The minimum absolute atomic E-state index is 0.0156. The van der Waals surface area contributed by atoms with Crippen LogP contribution < -0.4 is 0 Å². The molecule has 0 radical (unpaired) electrons. The van der Waals surface area contributed by atoms with Crippen molar-refractivity contribution >= 4 is 11.9 Å². The van der Waals surface area contributed by atoms with Gasteiger partial charge in [0.1, 0.15) is 0 Å². The number of aliphatic hydroxyl groups is 1. The Kier molecular flexibility index (Phi) is 6.03. The third kappa shape index (κ3) is 3.81. The van der Waals surface area contributed by atoms with Gasteiger partial charge in [-0.3, -0.25) is 0 Å². The third-order valence-electron chi connectivity index (χ3n) is 2.10. The van der Waals surface area contributed by atoms with Gasteiger partial charge in [0.05, 0.1) is 13.2 Å². The summed E-state index contributed by atoms with van der Waals surface area (Å²) < 4.78 is 9.27. The lowest BCUT2D eigenvalue weighted by Gasteiger charge is -2.24. The molecule has 0 aliphatic heterocycles. The van der Waals surface area contributed by atoms with Crippen LogP contribution in [0, 0.1) is 0 Å². The van der Waals surface area contributed by atoms with E-state index in [1.807, 2.05) is 6.92 Å². The zero-order valence-corrected chi connectivity index (χ0v) is 10.3. The molecule has 1 atom stereocenters. The van der Waals surface area contributed by atoms with Crippen LogP contribution in [0.2, 0.25) is 0 Å². The molecular formula is C11H20O5. The summed E-state index contributed by atoms with van der Waals surface area (Å²) in [6.07, 6.45) is 0.930. The van der Waals surface area contributed by atoms with Gasteiger partial charge in [0.15, 0.2) is 0 Å². The van der Waals surface area contributed by atoms with Crippen molar-refractivity contribution < 1.29 is 24.2 Å². The van der Waals surface area contributed by atoms with Crippen LogP contribution in [0.4, 0.5) is 0 Å². The number of hydrogen-bond acceptors (Lipinski definition) is 5. The average Bonchev–Trinajstić information content (AvgIpc) is 2.23. The summed E-state index contributed by atoms with van der Waals surface area (Å²) in [5.74, 6) is -1.91. The van der Waals surface area contributed by atoms with Crippen molar-refractivity contribution in [2.24, 2.45) is 0 Å². The number of unbranched alkanes of at least 4 members (excludes halogenated alkanes) is 1. The first-order valence-electron chi connectivity index (χ1n) is 5.40. The van der Waals surface area contributed by atoms with Crippen LogP contribution in [0.3, 0.4) is 0 Å². The largest absolute Gasteiger partial charge is 0.466 e. The van der Waals surface area contributed by atoms with E-state index in [0.29, 0.717) is 6.42 Å². The maximum absolute atomic E-state index is 11.6. The lowest BCUT2D eigenvalue weighted by Crippen LogP contribution is -2.49. The second-order valence-corrected chi connectivity index (χ2v) is 3.91. The SMILES string of the molecule is CCCCC(O)(C(=O)OC)C(=O)OC(C)C. The van der Waals surface area contributed by atoms with Crippen LogP contribution >= 0.6 is 0 Å². The van der Waals surface area contributed by atoms with E-state index >= 15 is 0 Å². The van der Waals surface area contributed by atoms with Gasteiger partial charge >= 0.3 is 11.9 Å². The van der Waals surface area contributed by atoms with Crippen molar-refractivity contribution in [2.75, 3.05) is 7.11 Å². The fourth-order valence-corrected chi connectivity index (χ4v) is 1.20. The molecule has 5 heteroatoms. The molecule has 0 saturated heterocycles. The molecule has 16 heavy (non-hydrogen) atoms. The Balaban J connectivity index is 4.77. The Bertz CT molecular complexity index is 249. The van der Waals surface area contributed by atoms with Crippen molar-refractivity contribution in [1.82, 2.24) is 0 Å². The molecule has 0 heterocycles. The molecule has 0 spiro atoms. The minimum atomic E-state index is -2.17. The first-order chi connectivity index (χ1) is 7.38. The normalized spacial score (nSPS) is 14.4. The zero-order chi connectivity index (χ0) is 12.8. The first-order valence-corrected chi connectivity index (χ1v) is 5.40. The fourth-order valence-electron chi connectivity index (χ4n) is 1.20. The molecule has 5 nitrogen and oxygen atoms in total. The van der Waals surface area contributed by atoms with E-state index < -0.39 is 17.5 Å². The van der Waals surface area contributed by atoms with Gasteiger partial charge in [-0.25, -0.2) is 9.59 Å². The Morgan fingerprint density at radius 1 is 1.31 bits per heavy atom. The molecule has 0 bridgehead atoms. The highest BCUT2D eigenvalue weighted by atomic mass is 16.6. The van der Waals surface area contributed by atoms with Crippen LogP contribution in [-0.4, -0.2) is 35.9 Å². The molecule has 0 aromatic heterocycles. The van der Waals surface area contributed by atoms with E-state index in [4.69, 9.17) is 4.74 Å². The fraction of sp³-hybridized carbons (Fsp3) is 0.818. The van der Waals surface area contributed by atoms with Gasteiger partial charge in [0, 0.05) is 0 Å². The number of rotatable bonds is 6. The van der Waals surface area contributed by atoms with Crippen molar-refractivity contribution in [1.29, 1.82) is 0 Å². The molecule has 0 aromatic rings. The maximum Gasteiger partial charge on any atom is 0.350 e. The van der Waals surface area contributed by atoms with Gasteiger partial charge in [-0.05, 0) is 26.7 Å². The summed E-state index contributed by atoms with van der Waals surface area (Å²) >= 11 is 0. The van der Waals surface area contributed by atoms with Gasteiger partial charge in [-0.15, -0.1) is 0 Å². The quantitative estimate of drug-likeness (QED) is 0.547. The van der Waals surface area contributed by atoms with Gasteiger partial charge in [0.25, 0.3) is 5.60 Å². The molecule has 1 unspecified atom stereocenters. The lowest BCUT2D eigenvalue weighted by molar-refractivity contribution is -0.185. The molecular weight excluding hydrogens is 212 g/mol. The van der Waals surface area contributed by atoms with Crippen molar-refractivity contribution in [2.45, 2.75) is 51.7 Å². The molecule has 0 fully saturated rings. The van der Waals surface area contributed by atoms with Crippen molar-refractivity contribution in [3.05, 3.63) is 0 Å². The van der Waals surface area contributed by atoms with Crippen LogP contribution in [0.5, 0.6) is 0 Å². The van der Waals surface area contributed by atoms with Gasteiger partial charge in [-0.2, -0.15) is 0 Å². The number of carbonyl (C=O) groups is 2. The standard InChI is InChI=1S/C11H20O5/c1-5-6-7-11(14,9(12)15-4)10(13)16-8(2)3/h8,14H,5-7H2,1-4H3.